The van der Waals surface area contributed by atoms with Crippen LogP contribution in [-0.4, -0.2) is 5.78 Å². The molecule has 0 saturated carbocycles. The Kier molecular flexibility index (Phi) is 4.35. The van der Waals surface area contributed by atoms with Gasteiger partial charge in [0.1, 0.15) is 5.76 Å². The van der Waals surface area contributed by atoms with Gasteiger partial charge in [0.2, 0.25) is 0 Å². The number of ketones is 1. The van der Waals surface area contributed by atoms with Crippen molar-refractivity contribution in [2.75, 3.05) is 0 Å². The molecule has 2 nitrogen and oxygen atoms in total. The second-order valence-electron chi connectivity index (χ2n) is 4.38. The largest absolute Gasteiger partial charge is 0.458 e. The van der Waals surface area contributed by atoms with E-state index in [-0.39, 0.29) is 5.78 Å². The van der Waals surface area contributed by atoms with Gasteiger partial charge in [-0.25, -0.2) is 0 Å². The maximum absolute atomic E-state index is 11.9. The van der Waals surface area contributed by atoms with Crippen LogP contribution < -0.4 is 0 Å². The number of rotatable bonds is 6. The number of Topliss-reactive ketones (excluding diaryl/α,β-unsaturated/α-hetero) is 1. The van der Waals surface area contributed by atoms with Crippen LogP contribution in [0.2, 0.25) is 0 Å². The highest BCUT2D eigenvalue weighted by atomic mass is 16.3. The van der Waals surface area contributed by atoms with Gasteiger partial charge in [0.05, 0.1) is 0 Å². The van der Waals surface area contributed by atoms with Crippen LogP contribution in [0.1, 0.15) is 41.6 Å². The molecule has 0 fully saturated rings. The number of furan rings is 1. The van der Waals surface area contributed by atoms with E-state index in [4.69, 9.17) is 4.42 Å². The van der Waals surface area contributed by atoms with Crippen molar-refractivity contribution >= 4 is 5.78 Å². The van der Waals surface area contributed by atoms with Crippen LogP contribution in [0.15, 0.2) is 46.9 Å². The molecule has 1 heterocycles. The number of hydrogen-bond donors (Lipinski definition) is 0. The number of benzene rings is 1. The highest BCUT2D eigenvalue weighted by molar-refractivity contribution is 5.93. The summed E-state index contributed by atoms with van der Waals surface area (Å²) in [6, 6.07) is 13.9. The molecule has 0 N–H and O–H groups in total. The summed E-state index contributed by atoms with van der Waals surface area (Å²) in [4.78, 5) is 11.9. The highest BCUT2D eigenvalue weighted by Crippen LogP contribution is 2.13. The minimum atomic E-state index is 0.102. The molecule has 0 amide bonds. The topological polar surface area (TPSA) is 30.2 Å². The number of aryl methyl sites for hydroxylation is 2. The van der Waals surface area contributed by atoms with E-state index in [1.54, 1.807) is 6.07 Å². The van der Waals surface area contributed by atoms with Crippen molar-refractivity contribution in [2.24, 2.45) is 0 Å². The Balaban J connectivity index is 1.81. The minimum absolute atomic E-state index is 0.102. The lowest BCUT2D eigenvalue weighted by Crippen LogP contribution is -1.98. The van der Waals surface area contributed by atoms with Gasteiger partial charge < -0.3 is 4.42 Å². The number of hydrogen-bond acceptors (Lipinski definition) is 2. The molecule has 2 rings (SSSR count). The van der Waals surface area contributed by atoms with Crippen molar-refractivity contribution < 1.29 is 9.21 Å². The average Bonchev–Trinajstić information content (AvgIpc) is 2.89. The minimum Gasteiger partial charge on any atom is -0.458 e. The quantitative estimate of drug-likeness (QED) is 0.715. The molecule has 0 atom stereocenters. The summed E-state index contributed by atoms with van der Waals surface area (Å²) in [6.07, 6.45) is 3.18. The Labute approximate surface area is 108 Å². The highest BCUT2D eigenvalue weighted by Gasteiger charge is 2.10. The maximum atomic E-state index is 11.9. The van der Waals surface area contributed by atoms with E-state index in [0.29, 0.717) is 12.2 Å². The Morgan fingerprint density at radius 1 is 1.11 bits per heavy atom. The van der Waals surface area contributed by atoms with Gasteiger partial charge in [0.25, 0.3) is 0 Å². The first-order chi connectivity index (χ1) is 8.79. The van der Waals surface area contributed by atoms with Gasteiger partial charge in [0.15, 0.2) is 11.5 Å². The molecular weight excluding hydrogens is 224 g/mol. The first kappa shape index (κ1) is 12.6. The molecule has 1 aromatic heterocycles. The Bertz CT molecular complexity index is 497. The normalized spacial score (nSPS) is 10.5. The molecule has 0 radical (unpaired) electrons. The second-order valence-corrected chi connectivity index (χ2v) is 4.38. The van der Waals surface area contributed by atoms with E-state index in [0.717, 1.165) is 25.0 Å². The van der Waals surface area contributed by atoms with Crippen LogP contribution in [0.5, 0.6) is 0 Å². The molecule has 0 spiro atoms. The number of carbonyl (C=O) groups is 1. The third-order valence-corrected chi connectivity index (χ3v) is 3.00. The monoisotopic (exact) mass is 242 g/mol. The predicted octanol–water partition coefficient (Wildman–Crippen LogP) is 4.05. The van der Waals surface area contributed by atoms with Crippen LogP contribution >= 0.6 is 0 Å². The van der Waals surface area contributed by atoms with Gasteiger partial charge in [-0.1, -0.05) is 37.3 Å². The van der Waals surface area contributed by atoms with Crippen molar-refractivity contribution in [1.29, 1.82) is 0 Å². The molecule has 0 bridgehead atoms. The van der Waals surface area contributed by atoms with Crippen LogP contribution in [0.25, 0.3) is 0 Å². The molecule has 0 unspecified atom stereocenters. The zero-order chi connectivity index (χ0) is 12.8. The van der Waals surface area contributed by atoms with Gasteiger partial charge in [0, 0.05) is 12.8 Å². The molecule has 2 aromatic rings. The Hall–Kier alpha value is -1.83. The SMILES string of the molecule is CCc1ccc(C(=O)CCCc2ccccc2)o1. The molecule has 0 aliphatic rings. The van der Waals surface area contributed by atoms with E-state index in [1.807, 2.05) is 31.2 Å². The van der Waals surface area contributed by atoms with Crippen molar-refractivity contribution in [2.45, 2.75) is 32.6 Å². The summed E-state index contributed by atoms with van der Waals surface area (Å²) < 4.78 is 5.45. The summed E-state index contributed by atoms with van der Waals surface area (Å²) in [7, 11) is 0. The lowest BCUT2D eigenvalue weighted by molar-refractivity contribution is 0.0951. The second kappa shape index (κ2) is 6.20. The third-order valence-electron chi connectivity index (χ3n) is 3.00. The zero-order valence-electron chi connectivity index (χ0n) is 10.7. The summed E-state index contributed by atoms with van der Waals surface area (Å²) in [5.74, 6) is 1.48. The summed E-state index contributed by atoms with van der Waals surface area (Å²) in [5, 5.41) is 0. The van der Waals surface area contributed by atoms with Gasteiger partial charge >= 0.3 is 0 Å². The first-order valence-corrected chi connectivity index (χ1v) is 6.45. The van der Waals surface area contributed by atoms with E-state index in [9.17, 15) is 4.79 Å². The average molecular weight is 242 g/mol. The van der Waals surface area contributed by atoms with Gasteiger partial charge in [-0.2, -0.15) is 0 Å². The van der Waals surface area contributed by atoms with Crippen molar-refractivity contribution in [3.63, 3.8) is 0 Å². The summed E-state index contributed by atoms with van der Waals surface area (Å²) >= 11 is 0. The number of carbonyl (C=O) groups excluding carboxylic acids is 1. The Morgan fingerprint density at radius 2 is 1.89 bits per heavy atom. The van der Waals surface area contributed by atoms with E-state index in [1.165, 1.54) is 5.56 Å². The lowest BCUT2D eigenvalue weighted by Gasteiger charge is -2.00. The fourth-order valence-electron chi connectivity index (χ4n) is 1.94. The third kappa shape index (κ3) is 3.33. The van der Waals surface area contributed by atoms with Gasteiger partial charge in [-0.05, 0) is 30.5 Å². The van der Waals surface area contributed by atoms with Crippen molar-refractivity contribution in [1.82, 2.24) is 0 Å². The van der Waals surface area contributed by atoms with Crippen molar-refractivity contribution in [3.05, 3.63) is 59.5 Å². The van der Waals surface area contributed by atoms with Crippen LogP contribution in [0, 0.1) is 0 Å². The zero-order valence-corrected chi connectivity index (χ0v) is 10.7. The summed E-state index contributed by atoms with van der Waals surface area (Å²) in [5.41, 5.74) is 1.28. The molecule has 0 aliphatic heterocycles. The molecule has 0 aliphatic carbocycles. The standard InChI is InChI=1S/C16H18O2/c1-2-14-11-12-16(18-14)15(17)10-6-9-13-7-4-3-5-8-13/h3-5,7-8,11-12H,2,6,9-10H2,1H3. The van der Waals surface area contributed by atoms with Crippen LogP contribution in [-0.2, 0) is 12.8 Å². The van der Waals surface area contributed by atoms with Gasteiger partial charge in [-0.3, -0.25) is 4.79 Å². The molecule has 2 heteroatoms. The summed E-state index contributed by atoms with van der Waals surface area (Å²) in [6.45, 7) is 2.02. The van der Waals surface area contributed by atoms with Crippen LogP contribution in [0.4, 0.5) is 0 Å². The smallest absolute Gasteiger partial charge is 0.198 e. The maximum Gasteiger partial charge on any atom is 0.198 e. The van der Waals surface area contributed by atoms with E-state index >= 15 is 0 Å². The molecular formula is C16H18O2. The molecule has 18 heavy (non-hydrogen) atoms. The molecule has 94 valence electrons. The molecule has 1 aromatic carbocycles. The first-order valence-electron chi connectivity index (χ1n) is 6.45. The van der Waals surface area contributed by atoms with E-state index < -0.39 is 0 Å². The van der Waals surface area contributed by atoms with Crippen molar-refractivity contribution in [3.8, 4) is 0 Å². The van der Waals surface area contributed by atoms with E-state index in [2.05, 4.69) is 12.1 Å². The fourth-order valence-corrected chi connectivity index (χ4v) is 1.94. The van der Waals surface area contributed by atoms with Crippen LogP contribution in [0.3, 0.4) is 0 Å². The van der Waals surface area contributed by atoms with Gasteiger partial charge in [-0.15, -0.1) is 0 Å². The predicted molar refractivity (Wildman–Crippen MR) is 71.8 cm³/mol. The lowest BCUT2D eigenvalue weighted by atomic mass is 10.1. The fraction of sp³-hybridized carbons (Fsp3) is 0.312. The molecule has 0 saturated heterocycles. The Morgan fingerprint density at radius 3 is 2.56 bits per heavy atom.